The second kappa shape index (κ2) is 15.9. The second-order valence-electron chi connectivity index (χ2n) is 7.92. The Hall–Kier alpha value is -0.808. The SMILES string of the molecule is CC(C)(C)Cl.COC(=O)c1ccc(C(C)(C)C)[nH]1.COC(=O)c1ccc[nH]1.[Cl][Al]([Cl])[Cl]. The number of ether oxygens (including phenoxy) is 2. The zero-order valence-corrected chi connectivity index (χ0v) is 23.3. The lowest BCUT2D eigenvalue weighted by Crippen LogP contribution is -2.12. The number of halogens is 4. The van der Waals surface area contributed by atoms with Crippen LogP contribution >= 0.6 is 41.7 Å². The molecule has 2 rings (SSSR count). The summed E-state index contributed by atoms with van der Waals surface area (Å²) < 4.78 is 9.02. The Morgan fingerprint density at radius 3 is 1.58 bits per heavy atom. The highest BCUT2D eigenvalue weighted by Crippen LogP contribution is 2.21. The Bertz CT molecular complexity index is 743. The molecule has 0 unspecified atom stereocenters. The normalized spacial score (nSPS) is 10.2. The fourth-order valence-corrected chi connectivity index (χ4v) is 1.63. The average Bonchev–Trinajstić information content (AvgIpc) is 3.30. The van der Waals surface area contributed by atoms with E-state index in [9.17, 15) is 9.59 Å². The number of hydrogen-bond donors (Lipinski definition) is 2. The van der Waals surface area contributed by atoms with Gasteiger partial charge in [0.15, 0.2) is 0 Å². The molecule has 0 aromatic carbocycles. The molecule has 0 atom stereocenters. The van der Waals surface area contributed by atoms with Crippen LogP contribution in [-0.4, -0.2) is 52.4 Å². The highest BCUT2D eigenvalue weighted by atomic mass is 35.8. The lowest BCUT2D eigenvalue weighted by Gasteiger charge is -2.15. The first-order valence-corrected chi connectivity index (χ1v) is 14.7. The van der Waals surface area contributed by atoms with E-state index < -0.39 is 11.4 Å². The van der Waals surface area contributed by atoms with E-state index in [1.807, 2.05) is 26.8 Å². The van der Waals surface area contributed by atoms with E-state index in [1.165, 1.54) is 14.2 Å². The Labute approximate surface area is 206 Å². The van der Waals surface area contributed by atoms with E-state index in [2.05, 4.69) is 40.2 Å². The van der Waals surface area contributed by atoms with E-state index >= 15 is 0 Å². The summed E-state index contributed by atoms with van der Waals surface area (Å²) in [5, 5.41) is 0. The van der Waals surface area contributed by atoms with Gasteiger partial charge in [-0.3, -0.25) is 0 Å². The van der Waals surface area contributed by atoms with Gasteiger partial charge in [-0.1, -0.05) is 20.8 Å². The molecule has 0 aliphatic heterocycles. The highest BCUT2D eigenvalue weighted by Gasteiger charge is 2.17. The molecule has 0 fully saturated rings. The van der Waals surface area contributed by atoms with Crippen LogP contribution in [0.5, 0.6) is 0 Å². The minimum Gasteiger partial charge on any atom is -0.464 e. The number of carbonyl (C=O) groups excluding carboxylic acids is 2. The zero-order valence-electron chi connectivity index (χ0n) is 19.1. The smallest absolute Gasteiger partial charge is 0.464 e. The first-order chi connectivity index (χ1) is 14.0. The average molecular weight is 532 g/mol. The van der Waals surface area contributed by atoms with Gasteiger partial charge in [-0.25, -0.2) is 39.7 Å². The van der Waals surface area contributed by atoms with Crippen molar-refractivity contribution in [2.45, 2.75) is 51.8 Å². The molecule has 0 aliphatic carbocycles. The molecule has 0 saturated carbocycles. The Kier molecular flexibility index (Phi) is 16.6. The molecule has 2 aromatic rings. The van der Waals surface area contributed by atoms with Crippen molar-refractivity contribution in [2.24, 2.45) is 0 Å². The monoisotopic (exact) mass is 530 g/mol. The lowest BCUT2D eigenvalue weighted by atomic mass is 9.93. The predicted molar refractivity (Wildman–Crippen MR) is 132 cm³/mol. The van der Waals surface area contributed by atoms with Gasteiger partial charge in [-0.15, -0.1) is 11.6 Å². The van der Waals surface area contributed by atoms with Crippen LogP contribution in [0.2, 0.25) is 0 Å². The van der Waals surface area contributed by atoms with E-state index in [4.69, 9.17) is 41.7 Å². The van der Waals surface area contributed by atoms with E-state index in [1.54, 1.807) is 24.4 Å². The minimum absolute atomic E-state index is 0.0278. The third-order valence-corrected chi connectivity index (χ3v) is 2.90. The van der Waals surface area contributed by atoms with Gasteiger partial charge in [-0.2, -0.15) is 0 Å². The van der Waals surface area contributed by atoms with Gasteiger partial charge in [0.05, 0.1) is 14.2 Å². The van der Waals surface area contributed by atoms with Crippen LogP contribution in [0.4, 0.5) is 0 Å². The molecule has 11 heteroatoms. The van der Waals surface area contributed by atoms with Gasteiger partial charge in [0.2, 0.25) is 0 Å². The van der Waals surface area contributed by atoms with Crippen molar-refractivity contribution in [2.75, 3.05) is 14.2 Å². The number of carbonyl (C=O) groups is 2. The molecule has 31 heavy (non-hydrogen) atoms. The van der Waals surface area contributed by atoms with Crippen molar-refractivity contribution in [3.05, 3.63) is 47.5 Å². The summed E-state index contributed by atoms with van der Waals surface area (Å²) in [6, 6.07) is 7.05. The van der Waals surface area contributed by atoms with Crippen LogP contribution in [0.25, 0.3) is 0 Å². The van der Waals surface area contributed by atoms with Gasteiger partial charge in [0.1, 0.15) is 11.4 Å². The van der Waals surface area contributed by atoms with E-state index in [0.29, 0.717) is 11.4 Å². The maximum Gasteiger partial charge on any atom is 0.643 e. The fourth-order valence-electron chi connectivity index (χ4n) is 1.63. The molecule has 0 saturated heterocycles. The molecule has 0 aliphatic rings. The topological polar surface area (TPSA) is 84.2 Å². The Morgan fingerprint density at radius 2 is 1.29 bits per heavy atom. The van der Waals surface area contributed by atoms with Crippen molar-refractivity contribution >= 4 is 65.1 Å². The van der Waals surface area contributed by atoms with Crippen LogP contribution in [0.3, 0.4) is 0 Å². The summed E-state index contributed by atoms with van der Waals surface area (Å²) in [6.07, 6.45) is 1.67. The molecule has 2 N–H and O–H groups in total. The molecule has 2 aromatic heterocycles. The van der Waals surface area contributed by atoms with Crippen LogP contribution in [0.15, 0.2) is 30.5 Å². The van der Waals surface area contributed by atoms with Crippen molar-refractivity contribution in [1.82, 2.24) is 9.97 Å². The third-order valence-electron chi connectivity index (χ3n) is 2.90. The number of esters is 2. The second-order valence-corrected chi connectivity index (χ2v) is 15.5. The number of rotatable bonds is 2. The molecule has 176 valence electrons. The fraction of sp³-hybridized carbons (Fsp3) is 0.500. The van der Waals surface area contributed by atoms with Crippen molar-refractivity contribution in [3.63, 3.8) is 0 Å². The maximum absolute atomic E-state index is 11.1. The largest absolute Gasteiger partial charge is 0.643 e. The molecule has 0 bridgehead atoms. The van der Waals surface area contributed by atoms with Gasteiger partial charge in [0.25, 0.3) is 0 Å². The summed E-state index contributed by atoms with van der Waals surface area (Å²) in [5.74, 6) is -0.657. The van der Waals surface area contributed by atoms with Crippen molar-refractivity contribution in [1.29, 1.82) is 0 Å². The number of methoxy groups -OCH3 is 2. The summed E-state index contributed by atoms with van der Waals surface area (Å²) in [5.41, 5.74) is 2.06. The van der Waals surface area contributed by atoms with Gasteiger partial charge >= 0.3 is 23.3 Å². The predicted octanol–water partition coefficient (Wildman–Crippen LogP) is 6.61. The Morgan fingerprint density at radius 1 is 0.871 bits per heavy atom. The first kappa shape index (κ1) is 32.4. The van der Waals surface area contributed by atoms with Crippen molar-refractivity contribution in [3.8, 4) is 0 Å². The molecule has 2 heterocycles. The zero-order chi connectivity index (χ0) is 24.8. The number of alkyl halides is 1. The molecule has 0 amide bonds. The molecular formula is C20H31AlCl4N2O4. The molecular weight excluding hydrogens is 501 g/mol. The summed E-state index contributed by atoms with van der Waals surface area (Å²) in [4.78, 5) is 27.4. The van der Waals surface area contributed by atoms with Crippen LogP contribution in [-0.2, 0) is 14.9 Å². The van der Waals surface area contributed by atoms with Gasteiger partial charge < -0.3 is 19.4 Å². The number of aromatic nitrogens is 2. The Balaban J connectivity index is 0. The summed E-state index contributed by atoms with van der Waals surface area (Å²) in [6.45, 7) is 12.1. The van der Waals surface area contributed by atoms with Crippen LogP contribution in [0, 0.1) is 0 Å². The van der Waals surface area contributed by atoms with Crippen LogP contribution in [0.1, 0.15) is 68.2 Å². The van der Waals surface area contributed by atoms with E-state index in [0.717, 1.165) is 5.69 Å². The summed E-state index contributed by atoms with van der Waals surface area (Å²) in [7, 11) is 17.6. The van der Waals surface area contributed by atoms with Gasteiger partial charge in [-0.05, 0) is 45.0 Å². The highest BCUT2D eigenvalue weighted by molar-refractivity contribution is 7.54. The van der Waals surface area contributed by atoms with Crippen molar-refractivity contribution < 1.29 is 19.1 Å². The van der Waals surface area contributed by atoms with Gasteiger partial charge in [0, 0.05) is 22.2 Å². The number of hydrogen-bond acceptors (Lipinski definition) is 4. The maximum atomic E-state index is 11.1. The molecule has 0 radical (unpaired) electrons. The number of nitrogens with one attached hydrogen (secondary N) is 2. The quantitative estimate of drug-likeness (QED) is 0.259. The third kappa shape index (κ3) is 19.6. The number of aromatic amines is 2. The standard InChI is InChI=1S/C10H15NO2.C6H7NO2.C4H9Cl.Al.3ClH/c1-10(2,3)8-6-5-7(11-8)9(12)13-4;1-9-6(8)5-3-2-4-7-5;1-4(2,3)5;;;;/h5-6,11H,1-4H3;2-4,7H,1H3;1-3H3;;3*1H/q;;;+3;;;/p-3. The molecule has 6 nitrogen and oxygen atoms in total. The summed E-state index contributed by atoms with van der Waals surface area (Å²) >= 11 is 3.81. The minimum atomic E-state index is -1.72. The van der Waals surface area contributed by atoms with Crippen LogP contribution < -0.4 is 0 Å². The number of H-pyrrole nitrogens is 2. The lowest BCUT2D eigenvalue weighted by molar-refractivity contribution is 0.0586. The van der Waals surface area contributed by atoms with E-state index in [-0.39, 0.29) is 22.2 Å². The first-order valence-electron chi connectivity index (χ1n) is 9.13. The molecule has 0 spiro atoms.